The lowest BCUT2D eigenvalue weighted by Crippen LogP contribution is -2.37. The smallest absolute Gasteiger partial charge is 0.230 e. The Kier molecular flexibility index (Phi) is 4.81. The fourth-order valence-electron chi connectivity index (χ4n) is 2.45. The molecular formula is C17H17F2NO2. The Morgan fingerprint density at radius 2 is 2.05 bits per heavy atom. The van der Waals surface area contributed by atoms with Gasteiger partial charge in [-0.2, -0.15) is 0 Å². The summed E-state index contributed by atoms with van der Waals surface area (Å²) < 4.78 is 33.6. The summed E-state index contributed by atoms with van der Waals surface area (Å²) in [6.45, 7) is 3.84. The molecule has 0 bridgehead atoms. The van der Waals surface area contributed by atoms with E-state index in [9.17, 15) is 13.6 Å². The molecule has 5 heteroatoms. The largest absolute Gasteiger partial charge is 0.481 e. The minimum Gasteiger partial charge on any atom is -0.481 e. The van der Waals surface area contributed by atoms with Gasteiger partial charge in [0.15, 0.2) is 0 Å². The van der Waals surface area contributed by atoms with Crippen LogP contribution in [0.2, 0.25) is 0 Å². The number of hydrogen-bond acceptors (Lipinski definition) is 2. The maximum absolute atomic E-state index is 14.3. The lowest BCUT2D eigenvalue weighted by molar-refractivity contribution is -0.131. The van der Waals surface area contributed by atoms with Crippen molar-refractivity contribution < 1.29 is 18.3 Å². The van der Waals surface area contributed by atoms with Gasteiger partial charge in [0.05, 0.1) is 11.3 Å². The van der Waals surface area contributed by atoms with Crippen molar-refractivity contribution in [1.29, 1.82) is 0 Å². The first-order valence-corrected chi connectivity index (χ1v) is 7.06. The normalized spacial score (nSPS) is 18.0. The molecule has 3 nitrogen and oxygen atoms in total. The van der Waals surface area contributed by atoms with Crippen LogP contribution >= 0.6 is 0 Å². The standard InChI is InChI=1S/C17H17F2NO2/c1-4-8-22-12-9-13(18)16(14(19)10-12)15-7-6-11(3)17(21)20(15)5-2/h1,7,9-11H,5-6,8H2,2-3H3. The van der Waals surface area contributed by atoms with Crippen LogP contribution in [0.25, 0.3) is 5.70 Å². The molecule has 116 valence electrons. The van der Waals surface area contributed by atoms with Gasteiger partial charge in [0, 0.05) is 24.6 Å². The van der Waals surface area contributed by atoms with E-state index in [-0.39, 0.29) is 35.4 Å². The molecule has 2 rings (SSSR count). The second-order valence-electron chi connectivity index (χ2n) is 5.06. The number of rotatable bonds is 4. The molecule has 0 radical (unpaired) electrons. The van der Waals surface area contributed by atoms with Gasteiger partial charge < -0.3 is 9.64 Å². The third kappa shape index (κ3) is 2.96. The number of ether oxygens (including phenoxy) is 1. The highest BCUT2D eigenvalue weighted by atomic mass is 19.1. The Hall–Kier alpha value is -2.35. The number of carbonyl (C=O) groups is 1. The first-order chi connectivity index (χ1) is 10.5. The van der Waals surface area contributed by atoms with Crippen molar-refractivity contribution in [3.05, 3.63) is 35.4 Å². The molecule has 1 aromatic rings. The summed E-state index contributed by atoms with van der Waals surface area (Å²) in [4.78, 5) is 13.6. The lowest BCUT2D eigenvalue weighted by Gasteiger charge is -2.31. The van der Waals surface area contributed by atoms with Crippen molar-refractivity contribution in [3.8, 4) is 18.1 Å². The topological polar surface area (TPSA) is 29.5 Å². The number of benzene rings is 1. The average molecular weight is 305 g/mol. The van der Waals surface area contributed by atoms with Crippen LogP contribution in [-0.4, -0.2) is 24.0 Å². The van der Waals surface area contributed by atoms with E-state index in [2.05, 4.69) is 5.92 Å². The van der Waals surface area contributed by atoms with Crippen molar-refractivity contribution >= 4 is 11.6 Å². The zero-order valence-electron chi connectivity index (χ0n) is 12.5. The molecule has 1 atom stereocenters. The minimum atomic E-state index is -0.779. The maximum Gasteiger partial charge on any atom is 0.230 e. The van der Waals surface area contributed by atoms with Crippen LogP contribution < -0.4 is 4.74 Å². The van der Waals surface area contributed by atoms with E-state index in [0.29, 0.717) is 13.0 Å². The Labute approximate surface area is 128 Å². The molecule has 0 N–H and O–H groups in total. The van der Waals surface area contributed by atoms with Gasteiger partial charge in [-0.15, -0.1) is 6.42 Å². The Morgan fingerprint density at radius 1 is 1.41 bits per heavy atom. The second-order valence-corrected chi connectivity index (χ2v) is 5.06. The molecular weight excluding hydrogens is 288 g/mol. The van der Waals surface area contributed by atoms with Gasteiger partial charge in [-0.25, -0.2) is 8.78 Å². The van der Waals surface area contributed by atoms with E-state index >= 15 is 0 Å². The third-order valence-electron chi connectivity index (χ3n) is 3.55. The highest BCUT2D eigenvalue weighted by Crippen LogP contribution is 2.33. The van der Waals surface area contributed by atoms with Gasteiger partial charge in [0.25, 0.3) is 0 Å². The Balaban J connectivity index is 2.44. The van der Waals surface area contributed by atoms with Gasteiger partial charge in [-0.1, -0.05) is 18.9 Å². The molecule has 22 heavy (non-hydrogen) atoms. The Morgan fingerprint density at radius 3 is 2.59 bits per heavy atom. The molecule has 1 heterocycles. The zero-order valence-corrected chi connectivity index (χ0v) is 12.5. The first-order valence-electron chi connectivity index (χ1n) is 7.06. The van der Waals surface area contributed by atoms with E-state index in [4.69, 9.17) is 11.2 Å². The van der Waals surface area contributed by atoms with Crippen LogP contribution in [0, 0.1) is 29.9 Å². The molecule has 1 unspecified atom stereocenters. The molecule has 0 spiro atoms. The summed E-state index contributed by atoms with van der Waals surface area (Å²) in [6, 6.07) is 2.15. The molecule has 1 aliphatic heterocycles. The highest BCUT2D eigenvalue weighted by Gasteiger charge is 2.30. The van der Waals surface area contributed by atoms with Crippen molar-refractivity contribution in [2.24, 2.45) is 5.92 Å². The first kappa shape index (κ1) is 16.0. The van der Waals surface area contributed by atoms with Crippen molar-refractivity contribution in [2.75, 3.05) is 13.2 Å². The molecule has 0 saturated carbocycles. The predicted molar refractivity (Wildman–Crippen MR) is 79.8 cm³/mol. The van der Waals surface area contributed by atoms with Gasteiger partial charge in [-0.3, -0.25) is 4.79 Å². The maximum atomic E-state index is 14.3. The summed E-state index contributed by atoms with van der Waals surface area (Å²) in [7, 11) is 0. The van der Waals surface area contributed by atoms with E-state index in [1.807, 2.05) is 0 Å². The molecule has 0 aliphatic carbocycles. The van der Waals surface area contributed by atoms with Crippen LogP contribution in [0.3, 0.4) is 0 Å². The van der Waals surface area contributed by atoms with Crippen molar-refractivity contribution in [3.63, 3.8) is 0 Å². The summed E-state index contributed by atoms with van der Waals surface area (Å²) >= 11 is 0. The van der Waals surface area contributed by atoms with E-state index in [0.717, 1.165) is 12.1 Å². The van der Waals surface area contributed by atoms with Crippen LogP contribution in [-0.2, 0) is 4.79 Å². The quantitative estimate of drug-likeness (QED) is 0.800. The number of nitrogens with zero attached hydrogens (tertiary/aromatic N) is 1. The number of halogens is 2. The summed E-state index contributed by atoms with van der Waals surface area (Å²) in [5.41, 5.74) is 0.0549. The third-order valence-corrected chi connectivity index (χ3v) is 3.55. The van der Waals surface area contributed by atoms with Crippen LogP contribution in [0.15, 0.2) is 18.2 Å². The second kappa shape index (κ2) is 6.61. The van der Waals surface area contributed by atoms with E-state index in [1.165, 1.54) is 4.90 Å². The number of amides is 1. The molecule has 1 aliphatic rings. The summed E-state index contributed by atoms with van der Waals surface area (Å²) in [6.07, 6.45) is 7.20. The number of terminal acetylenes is 1. The molecule has 1 aromatic carbocycles. The van der Waals surface area contributed by atoms with Crippen molar-refractivity contribution in [1.82, 2.24) is 4.90 Å². The SMILES string of the molecule is C#CCOc1cc(F)c(C2=CCC(C)C(=O)N2CC)c(F)c1. The predicted octanol–water partition coefficient (Wildman–Crippen LogP) is 3.21. The van der Waals surface area contributed by atoms with Gasteiger partial charge in [-0.05, 0) is 13.3 Å². The lowest BCUT2D eigenvalue weighted by atomic mass is 9.96. The van der Waals surface area contributed by atoms with Gasteiger partial charge in [0.1, 0.15) is 24.0 Å². The van der Waals surface area contributed by atoms with Gasteiger partial charge in [0.2, 0.25) is 5.91 Å². The number of hydrogen-bond donors (Lipinski definition) is 0. The highest BCUT2D eigenvalue weighted by molar-refractivity contribution is 5.90. The van der Waals surface area contributed by atoms with Crippen LogP contribution in [0.4, 0.5) is 8.78 Å². The number of allylic oxidation sites excluding steroid dienone is 1. The molecule has 0 fully saturated rings. The van der Waals surface area contributed by atoms with Crippen molar-refractivity contribution in [2.45, 2.75) is 20.3 Å². The van der Waals surface area contributed by atoms with Gasteiger partial charge >= 0.3 is 0 Å². The molecule has 0 aromatic heterocycles. The summed E-state index contributed by atoms with van der Waals surface area (Å²) in [5.74, 6) is 0.375. The molecule has 1 amide bonds. The van der Waals surface area contributed by atoms with E-state index in [1.54, 1.807) is 19.9 Å². The molecule has 0 saturated heterocycles. The fourth-order valence-corrected chi connectivity index (χ4v) is 2.45. The summed E-state index contributed by atoms with van der Waals surface area (Å²) in [5, 5.41) is 0. The monoisotopic (exact) mass is 305 g/mol. The average Bonchev–Trinajstić information content (AvgIpc) is 2.48. The zero-order chi connectivity index (χ0) is 16.3. The number of carbonyl (C=O) groups excluding carboxylic acids is 1. The fraction of sp³-hybridized carbons (Fsp3) is 0.353. The Bertz CT molecular complexity index is 638. The van der Waals surface area contributed by atoms with Crippen LogP contribution in [0.1, 0.15) is 25.8 Å². The minimum absolute atomic E-state index is 0.0239. The van der Waals surface area contributed by atoms with Crippen LogP contribution in [0.5, 0.6) is 5.75 Å². The van der Waals surface area contributed by atoms with E-state index < -0.39 is 11.6 Å².